The molecule has 1 amide bonds. The van der Waals surface area contributed by atoms with Gasteiger partial charge in [0, 0.05) is 50.7 Å². The van der Waals surface area contributed by atoms with Gasteiger partial charge in [0.2, 0.25) is 12.7 Å². The van der Waals surface area contributed by atoms with E-state index in [1.165, 1.54) is 0 Å². The third-order valence-electron chi connectivity index (χ3n) is 6.28. The largest absolute Gasteiger partial charge is 0.454 e. The first-order valence-electron chi connectivity index (χ1n) is 11.3. The topological polar surface area (TPSA) is 96.9 Å². The van der Waals surface area contributed by atoms with Crippen molar-refractivity contribution in [3.8, 4) is 11.5 Å². The number of aromatic nitrogens is 2. The van der Waals surface area contributed by atoms with Crippen LogP contribution in [0.15, 0.2) is 46.0 Å². The van der Waals surface area contributed by atoms with Crippen molar-refractivity contribution in [2.24, 2.45) is 0 Å². The van der Waals surface area contributed by atoms with E-state index in [2.05, 4.69) is 9.88 Å². The van der Waals surface area contributed by atoms with Crippen molar-refractivity contribution in [1.82, 2.24) is 19.4 Å². The minimum Gasteiger partial charge on any atom is -0.454 e. The summed E-state index contributed by atoms with van der Waals surface area (Å²) in [5.74, 6) is 1.59. The number of halogens is 1. The van der Waals surface area contributed by atoms with Gasteiger partial charge in [-0.1, -0.05) is 17.7 Å². The van der Waals surface area contributed by atoms with Crippen LogP contribution in [0.5, 0.6) is 11.5 Å². The van der Waals surface area contributed by atoms with Gasteiger partial charge in [0.1, 0.15) is 0 Å². The summed E-state index contributed by atoms with van der Waals surface area (Å²) >= 11 is 5.94. The number of nitrogens with zero attached hydrogens (tertiary/aromatic N) is 3. The summed E-state index contributed by atoms with van der Waals surface area (Å²) < 4.78 is 11.9. The smallest absolute Gasteiger partial charge is 0.328 e. The van der Waals surface area contributed by atoms with Crippen LogP contribution in [0.1, 0.15) is 18.4 Å². The molecule has 0 spiro atoms. The van der Waals surface area contributed by atoms with Gasteiger partial charge in [-0.3, -0.25) is 19.1 Å². The van der Waals surface area contributed by atoms with Crippen LogP contribution in [0.4, 0.5) is 0 Å². The van der Waals surface area contributed by atoms with Crippen LogP contribution < -0.4 is 20.7 Å². The Morgan fingerprint density at radius 2 is 1.79 bits per heavy atom. The van der Waals surface area contributed by atoms with Crippen LogP contribution in [0.25, 0.3) is 10.9 Å². The van der Waals surface area contributed by atoms with E-state index < -0.39 is 5.69 Å². The minimum absolute atomic E-state index is 0.0415. The van der Waals surface area contributed by atoms with E-state index in [-0.39, 0.29) is 31.2 Å². The highest BCUT2D eigenvalue weighted by Gasteiger charge is 2.22. The lowest BCUT2D eigenvalue weighted by molar-refractivity contribution is -0.133. The van der Waals surface area contributed by atoms with Crippen molar-refractivity contribution in [3.05, 3.63) is 67.8 Å². The molecule has 34 heavy (non-hydrogen) atoms. The number of hydrogen-bond acceptors (Lipinski definition) is 6. The van der Waals surface area contributed by atoms with Gasteiger partial charge < -0.3 is 19.4 Å². The summed E-state index contributed by atoms with van der Waals surface area (Å²) in [5, 5.41) is 0.843. The van der Waals surface area contributed by atoms with Gasteiger partial charge in [0.15, 0.2) is 11.5 Å². The molecule has 2 aromatic carbocycles. The summed E-state index contributed by atoms with van der Waals surface area (Å²) in [6, 6.07) is 10.7. The van der Waals surface area contributed by atoms with Crippen LogP contribution in [0.3, 0.4) is 0 Å². The highest BCUT2D eigenvalue weighted by molar-refractivity contribution is 6.31. The first-order valence-corrected chi connectivity index (χ1v) is 11.7. The molecule has 2 aliphatic heterocycles. The SMILES string of the molecule is O=C(CCCn1c(=O)[nH]c2cc(Cl)ccc2c1=O)N1CCN(Cc2ccc3c(c2)OCO3)CC1. The molecule has 3 aromatic rings. The lowest BCUT2D eigenvalue weighted by Crippen LogP contribution is -2.48. The number of rotatable bonds is 6. The average molecular weight is 485 g/mol. The lowest BCUT2D eigenvalue weighted by atomic mass is 10.1. The van der Waals surface area contributed by atoms with E-state index in [0.29, 0.717) is 35.4 Å². The molecular weight excluding hydrogens is 460 g/mol. The van der Waals surface area contributed by atoms with Gasteiger partial charge >= 0.3 is 5.69 Å². The number of carbonyl (C=O) groups excluding carboxylic acids is 1. The lowest BCUT2D eigenvalue weighted by Gasteiger charge is -2.34. The van der Waals surface area contributed by atoms with E-state index in [0.717, 1.165) is 41.3 Å². The zero-order valence-electron chi connectivity index (χ0n) is 18.6. The molecule has 1 aromatic heterocycles. The van der Waals surface area contributed by atoms with Crippen molar-refractivity contribution < 1.29 is 14.3 Å². The molecule has 5 rings (SSSR count). The summed E-state index contributed by atoms with van der Waals surface area (Å²) in [5.41, 5.74) is 0.690. The monoisotopic (exact) mass is 484 g/mol. The second-order valence-corrected chi connectivity index (χ2v) is 8.96. The van der Waals surface area contributed by atoms with Gasteiger partial charge in [0.25, 0.3) is 5.56 Å². The number of piperazine rings is 1. The summed E-state index contributed by atoms with van der Waals surface area (Å²) in [6.45, 7) is 4.11. The molecule has 0 atom stereocenters. The Labute approximate surface area is 200 Å². The Balaban J connectivity index is 1.12. The third kappa shape index (κ3) is 4.67. The molecule has 0 unspecified atom stereocenters. The van der Waals surface area contributed by atoms with Crippen molar-refractivity contribution in [2.45, 2.75) is 25.9 Å². The highest BCUT2D eigenvalue weighted by Crippen LogP contribution is 2.32. The fraction of sp³-hybridized carbons (Fsp3) is 0.375. The molecular formula is C24H25ClN4O5. The predicted molar refractivity (Wildman–Crippen MR) is 127 cm³/mol. The van der Waals surface area contributed by atoms with Gasteiger partial charge in [-0.05, 0) is 42.3 Å². The molecule has 2 aliphatic rings. The van der Waals surface area contributed by atoms with Gasteiger partial charge in [-0.25, -0.2) is 4.79 Å². The second kappa shape index (κ2) is 9.52. The number of amides is 1. The van der Waals surface area contributed by atoms with E-state index in [9.17, 15) is 14.4 Å². The third-order valence-corrected chi connectivity index (χ3v) is 6.52. The highest BCUT2D eigenvalue weighted by atomic mass is 35.5. The second-order valence-electron chi connectivity index (χ2n) is 8.52. The number of nitrogens with one attached hydrogen (secondary N) is 1. The van der Waals surface area contributed by atoms with Gasteiger partial charge in [-0.15, -0.1) is 0 Å². The number of ether oxygens (including phenoxy) is 2. The van der Waals surface area contributed by atoms with E-state index in [4.69, 9.17) is 21.1 Å². The quantitative estimate of drug-likeness (QED) is 0.576. The fourth-order valence-electron chi connectivity index (χ4n) is 4.43. The van der Waals surface area contributed by atoms with Crippen LogP contribution in [0.2, 0.25) is 5.02 Å². The van der Waals surface area contributed by atoms with E-state index in [1.54, 1.807) is 18.2 Å². The maximum Gasteiger partial charge on any atom is 0.328 e. The number of benzene rings is 2. The maximum absolute atomic E-state index is 12.7. The van der Waals surface area contributed by atoms with Crippen molar-refractivity contribution in [2.75, 3.05) is 33.0 Å². The van der Waals surface area contributed by atoms with Crippen LogP contribution >= 0.6 is 11.6 Å². The number of fused-ring (bicyclic) bond motifs is 2. The number of hydrogen-bond donors (Lipinski definition) is 1. The predicted octanol–water partition coefficient (Wildman–Crippen LogP) is 2.20. The molecule has 178 valence electrons. The minimum atomic E-state index is -0.496. The van der Waals surface area contributed by atoms with Crippen molar-refractivity contribution >= 4 is 28.4 Å². The molecule has 0 aliphatic carbocycles. The molecule has 1 fully saturated rings. The molecule has 0 bridgehead atoms. The molecule has 0 radical (unpaired) electrons. The molecule has 10 heteroatoms. The van der Waals surface area contributed by atoms with Gasteiger partial charge in [0.05, 0.1) is 10.9 Å². The summed E-state index contributed by atoms with van der Waals surface area (Å²) in [6.07, 6.45) is 0.699. The summed E-state index contributed by atoms with van der Waals surface area (Å²) in [4.78, 5) is 44.5. The zero-order valence-corrected chi connectivity index (χ0v) is 19.3. The Morgan fingerprint density at radius 3 is 2.62 bits per heavy atom. The van der Waals surface area contributed by atoms with Crippen LogP contribution in [-0.4, -0.2) is 58.2 Å². The van der Waals surface area contributed by atoms with Crippen molar-refractivity contribution in [3.63, 3.8) is 0 Å². The average Bonchev–Trinajstić information content (AvgIpc) is 3.29. The molecule has 1 saturated heterocycles. The normalized spacial score (nSPS) is 15.7. The standard InChI is InChI=1S/C24H25ClN4O5/c25-17-4-5-18-19(13-17)26-24(32)29(23(18)31)7-1-2-22(30)28-10-8-27(9-11-28)14-16-3-6-20-21(12-16)34-15-33-20/h3-6,12-13H,1-2,7-11,14-15H2,(H,26,32). The summed E-state index contributed by atoms with van der Waals surface area (Å²) in [7, 11) is 0. The van der Waals surface area contributed by atoms with Gasteiger partial charge in [-0.2, -0.15) is 0 Å². The van der Waals surface area contributed by atoms with E-state index >= 15 is 0 Å². The Morgan fingerprint density at radius 1 is 1.00 bits per heavy atom. The Bertz CT molecular complexity index is 1340. The van der Waals surface area contributed by atoms with E-state index in [1.807, 2.05) is 23.1 Å². The number of H-pyrrole nitrogens is 1. The molecule has 9 nitrogen and oxygen atoms in total. The molecule has 0 saturated carbocycles. The Kier molecular flexibility index (Phi) is 6.30. The maximum atomic E-state index is 12.7. The molecule has 3 heterocycles. The van der Waals surface area contributed by atoms with Crippen LogP contribution in [-0.2, 0) is 17.9 Å². The van der Waals surface area contributed by atoms with Crippen LogP contribution in [0, 0.1) is 0 Å². The number of carbonyl (C=O) groups is 1. The Hall–Kier alpha value is -3.30. The fourth-order valence-corrected chi connectivity index (χ4v) is 4.60. The number of aromatic amines is 1. The van der Waals surface area contributed by atoms with Crippen molar-refractivity contribution in [1.29, 1.82) is 0 Å². The first kappa shape index (κ1) is 22.5. The molecule has 1 N–H and O–H groups in total. The zero-order chi connectivity index (χ0) is 23.7. The first-order chi connectivity index (χ1) is 16.5.